The van der Waals surface area contributed by atoms with Crippen LogP contribution in [-0.2, 0) is 14.4 Å². The lowest BCUT2D eigenvalue weighted by Gasteiger charge is -2.26. The van der Waals surface area contributed by atoms with E-state index in [0.29, 0.717) is 32.1 Å². The van der Waals surface area contributed by atoms with Gasteiger partial charge in [-0.1, -0.05) is 0 Å². The van der Waals surface area contributed by atoms with Crippen LogP contribution in [-0.4, -0.2) is 35.0 Å². The van der Waals surface area contributed by atoms with Crippen LogP contribution in [0.2, 0.25) is 0 Å². The number of carbonyl (C=O) groups excluding carboxylic acids is 2. The van der Waals surface area contributed by atoms with Gasteiger partial charge in [-0.15, -0.1) is 0 Å². The second-order valence-corrected chi connectivity index (χ2v) is 6.03. The van der Waals surface area contributed by atoms with Crippen molar-refractivity contribution >= 4 is 17.8 Å². The fourth-order valence-corrected chi connectivity index (χ4v) is 2.59. The number of amides is 2. The maximum absolute atomic E-state index is 11.8. The average molecular weight is 298 g/mol. The van der Waals surface area contributed by atoms with Crippen LogP contribution < -0.4 is 10.6 Å². The van der Waals surface area contributed by atoms with Gasteiger partial charge in [0.1, 0.15) is 0 Å². The highest BCUT2D eigenvalue weighted by Gasteiger charge is 2.26. The van der Waals surface area contributed by atoms with Crippen molar-refractivity contribution in [2.45, 2.75) is 70.9 Å². The van der Waals surface area contributed by atoms with Gasteiger partial charge in [-0.3, -0.25) is 14.4 Å². The molecule has 0 radical (unpaired) electrons. The number of nitrogens with one attached hydrogen (secondary N) is 2. The molecule has 0 unspecified atom stereocenters. The molecule has 0 aromatic rings. The molecule has 1 aliphatic rings. The van der Waals surface area contributed by atoms with Gasteiger partial charge in [-0.2, -0.15) is 0 Å². The second-order valence-electron chi connectivity index (χ2n) is 6.03. The summed E-state index contributed by atoms with van der Waals surface area (Å²) in [7, 11) is 0. The van der Waals surface area contributed by atoms with Gasteiger partial charge >= 0.3 is 5.97 Å². The highest BCUT2D eigenvalue weighted by Crippen LogP contribution is 2.24. The van der Waals surface area contributed by atoms with Crippen molar-refractivity contribution in [3.8, 4) is 0 Å². The van der Waals surface area contributed by atoms with Gasteiger partial charge in [0.05, 0.1) is 5.92 Å². The molecule has 0 spiro atoms. The smallest absolute Gasteiger partial charge is 0.306 e. The zero-order chi connectivity index (χ0) is 15.8. The zero-order valence-electron chi connectivity index (χ0n) is 12.9. The number of rotatable bonds is 7. The van der Waals surface area contributed by atoms with Crippen LogP contribution in [0.25, 0.3) is 0 Å². The van der Waals surface area contributed by atoms with Crippen molar-refractivity contribution in [2.24, 2.45) is 5.92 Å². The molecular weight excluding hydrogens is 272 g/mol. The fraction of sp³-hybridized carbons (Fsp3) is 0.800. The lowest BCUT2D eigenvalue weighted by molar-refractivity contribution is -0.142. The topological polar surface area (TPSA) is 95.5 Å². The minimum atomic E-state index is -0.740. The van der Waals surface area contributed by atoms with E-state index in [2.05, 4.69) is 10.6 Å². The van der Waals surface area contributed by atoms with Gasteiger partial charge in [0.2, 0.25) is 11.8 Å². The summed E-state index contributed by atoms with van der Waals surface area (Å²) in [6.45, 7) is 3.80. The third-order valence-electron chi connectivity index (χ3n) is 3.70. The monoisotopic (exact) mass is 298 g/mol. The van der Waals surface area contributed by atoms with E-state index in [9.17, 15) is 14.4 Å². The molecule has 120 valence electrons. The van der Waals surface area contributed by atoms with Crippen LogP contribution in [0.4, 0.5) is 0 Å². The summed E-state index contributed by atoms with van der Waals surface area (Å²) >= 11 is 0. The van der Waals surface area contributed by atoms with E-state index < -0.39 is 5.97 Å². The molecule has 6 nitrogen and oxygen atoms in total. The summed E-state index contributed by atoms with van der Waals surface area (Å²) in [4.78, 5) is 34.0. The van der Waals surface area contributed by atoms with E-state index in [1.165, 1.54) is 0 Å². The Kier molecular flexibility index (Phi) is 7.19. The Bertz CT molecular complexity index is 374. The van der Waals surface area contributed by atoms with Crippen molar-refractivity contribution in [3.63, 3.8) is 0 Å². The Labute approximate surface area is 125 Å². The van der Waals surface area contributed by atoms with Gasteiger partial charge in [0.25, 0.3) is 0 Å². The Morgan fingerprint density at radius 2 is 1.62 bits per heavy atom. The minimum Gasteiger partial charge on any atom is -0.481 e. The van der Waals surface area contributed by atoms with Gasteiger partial charge in [-0.25, -0.2) is 0 Å². The number of hydrogen-bond acceptors (Lipinski definition) is 3. The first-order valence-corrected chi connectivity index (χ1v) is 7.70. The van der Waals surface area contributed by atoms with Crippen LogP contribution in [0.1, 0.15) is 58.8 Å². The van der Waals surface area contributed by atoms with Gasteiger partial charge < -0.3 is 15.7 Å². The zero-order valence-corrected chi connectivity index (χ0v) is 12.9. The minimum absolute atomic E-state index is 0.0280. The summed E-state index contributed by atoms with van der Waals surface area (Å²) in [5, 5.41) is 14.6. The lowest BCUT2D eigenvalue weighted by Crippen LogP contribution is -2.38. The molecule has 1 aliphatic carbocycles. The van der Waals surface area contributed by atoms with E-state index in [1.807, 2.05) is 13.8 Å². The first kappa shape index (κ1) is 17.5. The highest BCUT2D eigenvalue weighted by atomic mass is 16.4. The summed E-state index contributed by atoms with van der Waals surface area (Å²) in [5.74, 6) is -1.08. The molecule has 1 rings (SSSR count). The molecule has 0 aromatic carbocycles. The van der Waals surface area contributed by atoms with Crippen molar-refractivity contribution < 1.29 is 19.5 Å². The van der Waals surface area contributed by atoms with Crippen LogP contribution in [0, 0.1) is 5.92 Å². The predicted octanol–water partition coefficient (Wildman–Crippen LogP) is 1.44. The quantitative estimate of drug-likeness (QED) is 0.662. The molecule has 0 saturated heterocycles. The number of carboxylic acid groups (broad SMARTS) is 1. The van der Waals surface area contributed by atoms with Crippen molar-refractivity contribution in [1.82, 2.24) is 10.6 Å². The van der Waals surface area contributed by atoms with Gasteiger partial charge in [-0.05, 0) is 46.0 Å². The Morgan fingerprint density at radius 3 is 2.14 bits per heavy atom. The molecule has 1 fully saturated rings. The third kappa shape index (κ3) is 7.11. The normalized spacial score (nSPS) is 21.9. The third-order valence-corrected chi connectivity index (χ3v) is 3.70. The number of aliphatic carboxylic acids is 1. The average Bonchev–Trinajstić information content (AvgIpc) is 2.38. The van der Waals surface area contributed by atoms with Crippen LogP contribution in [0.3, 0.4) is 0 Å². The summed E-state index contributed by atoms with van der Waals surface area (Å²) in [6.07, 6.45) is 3.91. The lowest BCUT2D eigenvalue weighted by atomic mass is 9.86. The van der Waals surface area contributed by atoms with Crippen molar-refractivity contribution in [2.75, 3.05) is 0 Å². The Morgan fingerprint density at radius 1 is 1.05 bits per heavy atom. The second kappa shape index (κ2) is 8.64. The molecular formula is C15H26N2O4. The SMILES string of the molecule is CC(C)NC(=O)CCCC(=O)NC1CCC(C(=O)O)CC1. The number of carbonyl (C=O) groups is 3. The maximum atomic E-state index is 11.8. The molecule has 21 heavy (non-hydrogen) atoms. The molecule has 2 amide bonds. The van der Waals surface area contributed by atoms with E-state index in [1.54, 1.807) is 0 Å². The van der Waals surface area contributed by atoms with E-state index in [0.717, 1.165) is 12.8 Å². The number of hydrogen-bond donors (Lipinski definition) is 3. The van der Waals surface area contributed by atoms with E-state index >= 15 is 0 Å². The Hall–Kier alpha value is -1.59. The molecule has 0 atom stereocenters. The number of carboxylic acids is 1. The first-order chi connectivity index (χ1) is 9.88. The van der Waals surface area contributed by atoms with Crippen LogP contribution >= 0.6 is 0 Å². The summed E-state index contributed by atoms with van der Waals surface area (Å²) in [6, 6.07) is 0.202. The van der Waals surface area contributed by atoms with Gasteiger partial charge in [0, 0.05) is 24.9 Å². The largest absolute Gasteiger partial charge is 0.481 e. The Balaban J connectivity index is 2.14. The summed E-state index contributed by atoms with van der Waals surface area (Å²) < 4.78 is 0. The standard InChI is InChI=1S/C15H26N2O4/c1-10(2)16-13(18)4-3-5-14(19)17-12-8-6-11(7-9-12)15(20)21/h10-12H,3-9H2,1-2H3,(H,16,18)(H,17,19)(H,20,21). The maximum Gasteiger partial charge on any atom is 0.306 e. The molecule has 0 aliphatic heterocycles. The van der Waals surface area contributed by atoms with Crippen LogP contribution in [0.5, 0.6) is 0 Å². The highest BCUT2D eigenvalue weighted by molar-refractivity contribution is 5.79. The summed E-state index contributed by atoms with van der Waals surface area (Å²) in [5.41, 5.74) is 0. The fourth-order valence-electron chi connectivity index (χ4n) is 2.59. The van der Waals surface area contributed by atoms with E-state index in [4.69, 9.17) is 5.11 Å². The molecule has 1 saturated carbocycles. The molecule has 0 aromatic heterocycles. The molecule has 3 N–H and O–H groups in total. The van der Waals surface area contributed by atoms with Crippen LogP contribution in [0.15, 0.2) is 0 Å². The molecule has 6 heteroatoms. The predicted molar refractivity (Wildman–Crippen MR) is 78.7 cm³/mol. The van der Waals surface area contributed by atoms with Crippen molar-refractivity contribution in [1.29, 1.82) is 0 Å². The van der Waals surface area contributed by atoms with Gasteiger partial charge in [0.15, 0.2) is 0 Å². The first-order valence-electron chi connectivity index (χ1n) is 7.70. The van der Waals surface area contributed by atoms with Crippen molar-refractivity contribution in [3.05, 3.63) is 0 Å². The molecule has 0 bridgehead atoms. The molecule has 0 heterocycles. The van der Waals surface area contributed by atoms with E-state index in [-0.39, 0.29) is 29.8 Å².